The van der Waals surface area contributed by atoms with Crippen LogP contribution >= 0.6 is 0 Å². The van der Waals surface area contributed by atoms with Gasteiger partial charge in [0.05, 0.1) is 16.8 Å². The maximum atomic E-state index is 13.4. The van der Waals surface area contributed by atoms with Crippen LogP contribution in [0, 0.1) is 5.82 Å². The smallest absolute Gasteiger partial charge is 0.326 e. The van der Waals surface area contributed by atoms with Gasteiger partial charge in [0.2, 0.25) is 11.8 Å². The molecule has 2 heterocycles. The van der Waals surface area contributed by atoms with E-state index in [2.05, 4.69) is 5.32 Å². The van der Waals surface area contributed by atoms with Gasteiger partial charge in [-0.1, -0.05) is 12.1 Å². The number of alkyl halides is 3. The second-order valence-electron chi connectivity index (χ2n) is 7.91. The Labute approximate surface area is 180 Å². The summed E-state index contributed by atoms with van der Waals surface area (Å²) in [5.74, 6) is -2.54. The van der Waals surface area contributed by atoms with Crippen LogP contribution in [0.2, 0.25) is 0 Å². The molecule has 32 heavy (non-hydrogen) atoms. The molecule has 4 rings (SSSR count). The minimum absolute atomic E-state index is 0.0490. The fourth-order valence-corrected chi connectivity index (χ4v) is 4.30. The van der Waals surface area contributed by atoms with Crippen LogP contribution in [0.3, 0.4) is 0 Å². The Morgan fingerprint density at radius 2 is 1.88 bits per heavy atom. The van der Waals surface area contributed by atoms with Gasteiger partial charge in [-0.3, -0.25) is 19.3 Å². The molecule has 2 aliphatic rings. The van der Waals surface area contributed by atoms with Crippen LogP contribution < -0.4 is 10.2 Å². The van der Waals surface area contributed by atoms with Gasteiger partial charge in [0.15, 0.2) is 0 Å². The lowest BCUT2D eigenvalue weighted by Gasteiger charge is -2.48. The van der Waals surface area contributed by atoms with Gasteiger partial charge in [0.25, 0.3) is 5.91 Å². The van der Waals surface area contributed by atoms with Gasteiger partial charge in [0, 0.05) is 25.1 Å². The third kappa shape index (κ3) is 3.59. The van der Waals surface area contributed by atoms with Gasteiger partial charge < -0.3 is 10.2 Å². The maximum Gasteiger partial charge on any atom is 0.419 e. The zero-order valence-corrected chi connectivity index (χ0v) is 17.0. The first-order valence-corrected chi connectivity index (χ1v) is 9.93. The molecule has 1 N–H and O–H groups in total. The summed E-state index contributed by atoms with van der Waals surface area (Å²) in [5.41, 5.74) is -1.76. The minimum Gasteiger partial charge on any atom is -0.326 e. The molecule has 10 heteroatoms. The third-order valence-electron chi connectivity index (χ3n) is 5.86. The summed E-state index contributed by atoms with van der Waals surface area (Å²) in [5, 5.41) is 2.31. The lowest BCUT2D eigenvalue weighted by molar-refractivity contribution is -0.140. The molecule has 2 aliphatic heterocycles. The van der Waals surface area contributed by atoms with Crippen LogP contribution in [0.15, 0.2) is 42.5 Å². The minimum atomic E-state index is -4.90. The summed E-state index contributed by atoms with van der Waals surface area (Å²) >= 11 is 0. The molecular weight excluding hydrogens is 430 g/mol. The summed E-state index contributed by atoms with van der Waals surface area (Å²) in [7, 11) is 0. The highest BCUT2D eigenvalue weighted by atomic mass is 19.4. The second kappa shape index (κ2) is 7.61. The molecule has 0 aliphatic carbocycles. The van der Waals surface area contributed by atoms with Gasteiger partial charge in [0.1, 0.15) is 11.5 Å². The summed E-state index contributed by atoms with van der Waals surface area (Å²) < 4.78 is 52.1. The lowest BCUT2D eigenvalue weighted by Crippen LogP contribution is -2.62. The number of benzene rings is 2. The van der Waals surface area contributed by atoms with Gasteiger partial charge in [-0.05, 0) is 43.7 Å². The Bertz CT molecular complexity index is 1120. The van der Waals surface area contributed by atoms with E-state index >= 15 is 0 Å². The number of hydrogen-bond acceptors (Lipinski definition) is 3. The number of fused-ring (bicyclic) bond motifs is 3. The lowest BCUT2D eigenvalue weighted by atomic mass is 9.98. The molecule has 2 aromatic rings. The molecule has 0 saturated carbocycles. The summed E-state index contributed by atoms with van der Waals surface area (Å²) in [6, 6.07) is 8.90. The van der Waals surface area contributed by atoms with E-state index in [0.29, 0.717) is 29.8 Å². The first-order valence-electron chi connectivity index (χ1n) is 9.93. The Morgan fingerprint density at radius 3 is 2.59 bits per heavy atom. The van der Waals surface area contributed by atoms with Gasteiger partial charge in [-0.25, -0.2) is 4.39 Å². The molecule has 168 valence electrons. The number of amides is 3. The first kappa shape index (κ1) is 21.8. The fraction of sp³-hybridized carbons (Fsp3) is 0.318. The quantitative estimate of drug-likeness (QED) is 0.713. The van der Waals surface area contributed by atoms with Crippen molar-refractivity contribution < 1.29 is 31.9 Å². The molecule has 0 bridgehead atoms. The maximum absolute atomic E-state index is 13.4. The third-order valence-corrected chi connectivity index (χ3v) is 5.86. The molecule has 1 saturated heterocycles. The molecule has 0 radical (unpaired) electrons. The molecule has 0 aromatic heterocycles. The van der Waals surface area contributed by atoms with Crippen LogP contribution in [0.1, 0.15) is 42.1 Å². The molecule has 1 atom stereocenters. The van der Waals surface area contributed by atoms with Crippen LogP contribution in [0.5, 0.6) is 0 Å². The van der Waals surface area contributed by atoms with E-state index in [-0.39, 0.29) is 36.9 Å². The van der Waals surface area contributed by atoms with Crippen molar-refractivity contribution in [3.05, 3.63) is 59.4 Å². The van der Waals surface area contributed by atoms with E-state index in [0.717, 1.165) is 6.07 Å². The SMILES string of the molecule is CC12CCC(=O)N1c1ccccc1C(=O)N2CCC(=O)Nc1ccc(F)c(C(F)(F)F)c1. The van der Waals surface area contributed by atoms with Crippen molar-refractivity contribution in [2.45, 2.75) is 38.0 Å². The van der Waals surface area contributed by atoms with Crippen LogP contribution in [-0.4, -0.2) is 34.8 Å². The predicted molar refractivity (Wildman–Crippen MR) is 107 cm³/mol. The number of carbonyl (C=O) groups excluding carboxylic acids is 3. The number of anilines is 2. The average Bonchev–Trinajstić information content (AvgIpc) is 3.03. The van der Waals surface area contributed by atoms with Crippen molar-refractivity contribution in [3.63, 3.8) is 0 Å². The van der Waals surface area contributed by atoms with E-state index in [9.17, 15) is 31.9 Å². The van der Waals surface area contributed by atoms with Crippen LogP contribution in [0.4, 0.5) is 28.9 Å². The number of nitrogens with one attached hydrogen (secondary N) is 1. The normalized spacial score (nSPS) is 20.3. The van der Waals surface area contributed by atoms with E-state index < -0.39 is 29.1 Å². The van der Waals surface area contributed by atoms with Crippen molar-refractivity contribution in [1.82, 2.24) is 4.90 Å². The zero-order valence-electron chi connectivity index (χ0n) is 17.0. The Morgan fingerprint density at radius 1 is 1.16 bits per heavy atom. The molecule has 0 spiro atoms. The second-order valence-corrected chi connectivity index (χ2v) is 7.91. The monoisotopic (exact) mass is 449 g/mol. The highest BCUT2D eigenvalue weighted by Gasteiger charge is 2.52. The van der Waals surface area contributed by atoms with E-state index in [1.54, 1.807) is 36.1 Å². The molecular formula is C22H19F4N3O3. The molecule has 1 unspecified atom stereocenters. The molecule has 1 fully saturated rings. The van der Waals surface area contributed by atoms with Crippen LogP contribution in [0.25, 0.3) is 0 Å². The number of nitrogens with zero attached hydrogens (tertiary/aromatic N) is 2. The molecule has 6 nitrogen and oxygen atoms in total. The average molecular weight is 449 g/mol. The van der Waals surface area contributed by atoms with Gasteiger partial charge in [-0.2, -0.15) is 13.2 Å². The predicted octanol–water partition coefficient (Wildman–Crippen LogP) is 4.17. The number of carbonyl (C=O) groups is 3. The summed E-state index contributed by atoms with van der Waals surface area (Å²) in [6.07, 6.45) is -4.48. The van der Waals surface area contributed by atoms with E-state index in [1.807, 2.05) is 0 Å². The Kier molecular flexibility index (Phi) is 5.18. The van der Waals surface area contributed by atoms with Crippen molar-refractivity contribution in [2.24, 2.45) is 0 Å². The summed E-state index contributed by atoms with van der Waals surface area (Å²) in [4.78, 5) is 41.1. The molecule has 3 amide bonds. The van der Waals surface area contributed by atoms with Crippen LogP contribution in [-0.2, 0) is 15.8 Å². The number of para-hydroxylation sites is 1. The standard InChI is InChI=1S/C22H19F4N3O3/c1-21-10-8-19(31)29(21)17-5-3-2-4-14(17)20(32)28(21)11-9-18(30)27-13-6-7-16(23)15(12-13)22(24,25)26/h2-7,12H,8-11H2,1H3,(H,27,30). The van der Waals surface area contributed by atoms with Gasteiger partial charge >= 0.3 is 6.18 Å². The highest BCUT2D eigenvalue weighted by molar-refractivity contribution is 6.10. The van der Waals surface area contributed by atoms with E-state index in [1.165, 1.54) is 4.90 Å². The Balaban J connectivity index is 1.52. The van der Waals surface area contributed by atoms with Crippen molar-refractivity contribution in [2.75, 3.05) is 16.8 Å². The van der Waals surface area contributed by atoms with Crippen molar-refractivity contribution in [3.8, 4) is 0 Å². The molecule has 2 aromatic carbocycles. The highest BCUT2D eigenvalue weighted by Crippen LogP contribution is 2.44. The number of hydrogen-bond donors (Lipinski definition) is 1. The topological polar surface area (TPSA) is 69.7 Å². The van der Waals surface area contributed by atoms with E-state index in [4.69, 9.17) is 0 Å². The number of rotatable bonds is 4. The Hall–Kier alpha value is -3.43. The first-order chi connectivity index (χ1) is 15.0. The van der Waals surface area contributed by atoms with Gasteiger partial charge in [-0.15, -0.1) is 0 Å². The van der Waals surface area contributed by atoms with Crippen molar-refractivity contribution >= 4 is 29.1 Å². The number of halogens is 4. The fourth-order valence-electron chi connectivity index (χ4n) is 4.30. The zero-order chi connectivity index (χ0) is 23.3. The largest absolute Gasteiger partial charge is 0.419 e. The van der Waals surface area contributed by atoms with Crippen molar-refractivity contribution in [1.29, 1.82) is 0 Å². The summed E-state index contributed by atoms with van der Waals surface area (Å²) in [6.45, 7) is 1.70.